The summed E-state index contributed by atoms with van der Waals surface area (Å²) in [5, 5.41) is 3.81. The lowest BCUT2D eigenvalue weighted by Crippen LogP contribution is -2.47. The van der Waals surface area contributed by atoms with Crippen molar-refractivity contribution in [2.75, 3.05) is 20.2 Å². The van der Waals surface area contributed by atoms with Gasteiger partial charge in [0.25, 0.3) is 0 Å². The van der Waals surface area contributed by atoms with Gasteiger partial charge in [-0.1, -0.05) is 29.4 Å². The number of carbonyl (C=O) groups excluding carboxylic acids is 1. The second-order valence-corrected chi connectivity index (χ2v) is 8.22. The Morgan fingerprint density at radius 1 is 1.30 bits per heavy atom. The SMILES string of the molecule is Cc1ccccc1[C@@]1(CC(=O)N(C)CCc2ncon2)CCOC(C)(C)C1. The molecule has 1 saturated heterocycles. The maximum absolute atomic E-state index is 13.1. The van der Waals surface area contributed by atoms with Crippen LogP contribution in [0.1, 0.15) is 50.1 Å². The minimum Gasteiger partial charge on any atom is -0.376 e. The molecule has 0 saturated carbocycles. The molecule has 0 unspecified atom stereocenters. The number of hydrogen-bond donors (Lipinski definition) is 0. The summed E-state index contributed by atoms with van der Waals surface area (Å²) in [6.45, 7) is 7.60. The molecule has 1 aromatic carbocycles. The third-order valence-electron chi connectivity index (χ3n) is 5.55. The van der Waals surface area contributed by atoms with Gasteiger partial charge in [-0.25, -0.2) is 0 Å². The monoisotopic (exact) mass is 371 g/mol. The molecule has 1 fully saturated rings. The van der Waals surface area contributed by atoms with E-state index in [1.54, 1.807) is 4.90 Å². The first-order chi connectivity index (χ1) is 12.8. The van der Waals surface area contributed by atoms with E-state index in [1.165, 1.54) is 17.5 Å². The van der Waals surface area contributed by atoms with Crippen LogP contribution in [0.4, 0.5) is 0 Å². The maximum atomic E-state index is 13.1. The van der Waals surface area contributed by atoms with Crippen molar-refractivity contribution in [1.82, 2.24) is 15.0 Å². The van der Waals surface area contributed by atoms with Crippen LogP contribution in [0.25, 0.3) is 0 Å². The van der Waals surface area contributed by atoms with Crippen molar-refractivity contribution in [3.8, 4) is 0 Å². The van der Waals surface area contributed by atoms with Crippen molar-refractivity contribution in [3.05, 3.63) is 47.6 Å². The Bertz CT molecular complexity index is 773. The second kappa shape index (κ2) is 7.80. The Balaban J connectivity index is 1.79. The Morgan fingerprint density at radius 2 is 2.07 bits per heavy atom. The van der Waals surface area contributed by atoms with E-state index in [2.05, 4.69) is 55.2 Å². The first-order valence-electron chi connectivity index (χ1n) is 9.51. The molecule has 0 aliphatic carbocycles. The molecule has 3 rings (SSSR count). The van der Waals surface area contributed by atoms with Crippen LogP contribution < -0.4 is 0 Å². The van der Waals surface area contributed by atoms with Crippen LogP contribution in [0.2, 0.25) is 0 Å². The van der Waals surface area contributed by atoms with Crippen LogP contribution in [-0.2, 0) is 21.4 Å². The van der Waals surface area contributed by atoms with Gasteiger partial charge in [0.15, 0.2) is 5.82 Å². The first-order valence-corrected chi connectivity index (χ1v) is 9.51. The fraction of sp³-hybridized carbons (Fsp3) is 0.571. The van der Waals surface area contributed by atoms with Crippen LogP contribution in [0.5, 0.6) is 0 Å². The first kappa shape index (κ1) is 19.5. The van der Waals surface area contributed by atoms with Gasteiger partial charge in [0.2, 0.25) is 12.3 Å². The number of nitrogens with zero attached hydrogens (tertiary/aromatic N) is 3. The smallest absolute Gasteiger partial charge is 0.223 e. The number of ether oxygens (including phenoxy) is 1. The normalized spacial score (nSPS) is 21.8. The molecule has 6 nitrogen and oxygen atoms in total. The summed E-state index contributed by atoms with van der Waals surface area (Å²) in [5.41, 5.74) is 2.05. The van der Waals surface area contributed by atoms with Gasteiger partial charge < -0.3 is 14.2 Å². The summed E-state index contributed by atoms with van der Waals surface area (Å²) in [5.74, 6) is 0.759. The standard InChI is InChI=1S/C21H29N3O3/c1-16-7-5-6-8-17(16)21(10-12-26-20(2,3)14-21)13-19(25)24(4)11-9-18-22-15-27-23-18/h5-8,15H,9-14H2,1-4H3/t21-/m1/s1. The van der Waals surface area contributed by atoms with Crippen LogP contribution in [-0.4, -0.2) is 46.7 Å². The van der Waals surface area contributed by atoms with Crippen LogP contribution in [0.15, 0.2) is 35.2 Å². The molecule has 1 aliphatic rings. The quantitative estimate of drug-likeness (QED) is 0.779. The van der Waals surface area contributed by atoms with Crippen LogP contribution >= 0.6 is 0 Å². The lowest BCUT2D eigenvalue weighted by molar-refractivity contribution is -0.135. The molecule has 0 radical (unpaired) electrons. The van der Waals surface area contributed by atoms with E-state index in [9.17, 15) is 4.79 Å². The molecule has 1 aliphatic heterocycles. The highest BCUT2D eigenvalue weighted by molar-refractivity contribution is 5.77. The predicted molar refractivity (Wildman–Crippen MR) is 102 cm³/mol. The van der Waals surface area contributed by atoms with Crippen LogP contribution in [0.3, 0.4) is 0 Å². The average molecular weight is 371 g/mol. The summed E-state index contributed by atoms with van der Waals surface area (Å²) < 4.78 is 10.7. The molecule has 0 bridgehead atoms. The molecule has 1 atom stereocenters. The van der Waals surface area contributed by atoms with Crippen LogP contribution in [0, 0.1) is 6.92 Å². The molecule has 0 N–H and O–H groups in total. The highest BCUT2D eigenvalue weighted by Gasteiger charge is 2.44. The number of aryl methyl sites for hydroxylation is 1. The number of likely N-dealkylation sites (N-methyl/N-ethyl adjacent to an activating group) is 1. The molecular formula is C21H29N3O3. The van der Waals surface area contributed by atoms with Gasteiger partial charge >= 0.3 is 0 Å². The van der Waals surface area contributed by atoms with Gasteiger partial charge in [-0.2, -0.15) is 4.98 Å². The van der Waals surface area contributed by atoms with E-state index >= 15 is 0 Å². The molecule has 2 aromatic rings. The number of aromatic nitrogens is 2. The third-order valence-corrected chi connectivity index (χ3v) is 5.55. The Morgan fingerprint density at radius 3 is 2.74 bits per heavy atom. The van der Waals surface area contributed by atoms with E-state index < -0.39 is 0 Å². The van der Waals surface area contributed by atoms with Gasteiger partial charge in [-0.15, -0.1) is 0 Å². The molecule has 27 heavy (non-hydrogen) atoms. The fourth-order valence-electron chi connectivity index (χ4n) is 4.24. The topological polar surface area (TPSA) is 68.5 Å². The van der Waals surface area contributed by atoms with Crippen molar-refractivity contribution in [2.45, 2.75) is 57.5 Å². The van der Waals surface area contributed by atoms with Crippen molar-refractivity contribution in [1.29, 1.82) is 0 Å². The number of rotatable bonds is 6. The summed E-state index contributed by atoms with van der Waals surface area (Å²) >= 11 is 0. The zero-order chi connectivity index (χ0) is 19.5. The Hall–Kier alpha value is -2.21. The van der Waals surface area contributed by atoms with E-state index in [0.29, 0.717) is 31.8 Å². The van der Waals surface area contributed by atoms with Crippen molar-refractivity contribution in [3.63, 3.8) is 0 Å². The van der Waals surface area contributed by atoms with E-state index in [1.807, 2.05) is 7.05 Å². The summed E-state index contributed by atoms with van der Waals surface area (Å²) in [6, 6.07) is 8.42. The molecule has 0 spiro atoms. The third kappa shape index (κ3) is 4.56. The predicted octanol–water partition coefficient (Wildman–Crippen LogP) is 3.30. The Kier molecular flexibility index (Phi) is 5.65. The van der Waals surface area contributed by atoms with Gasteiger partial charge in [-0.3, -0.25) is 4.79 Å². The van der Waals surface area contributed by atoms with E-state index in [-0.39, 0.29) is 16.9 Å². The second-order valence-electron chi connectivity index (χ2n) is 8.22. The molecule has 146 valence electrons. The lowest BCUT2D eigenvalue weighted by atomic mass is 9.66. The van der Waals surface area contributed by atoms with Crippen molar-refractivity contribution < 1.29 is 14.1 Å². The van der Waals surface area contributed by atoms with Gasteiger partial charge in [0, 0.05) is 38.5 Å². The Labute approximate surface area is 160 Å². The fourth-order valence-corrected chi connectivity index (χ4v) is 4.24. The molecule has 1 aromatic heterocycles. The maximum Gasteiger partial charge on any atom is 0.223 e. The van der Waals surface area contributed by atoms with Crippen molar-refractivity contribution >= 4 is 5.91 Å². The molecule has 1 amide bonds. The minimum absolute atomic E-state index is 0.138. The highest BCUT2D eigenvalue weighted by atomic mass is 16.5. The summed E-state index contributed by atoms with van der Waals surface area (Å²) in [6.07, 6.45) is 4.06. The summed E-state index contributed by atoms with van der Waals surface area (Å²) in [7, 11) is 1.85. The van der Waals surface area contributed by atoms with Crippen molar-refractivity contribution in [2.24, 2.45) is 0 Å². The highest BCUT2D eigenvalue weighted by Crippen LogP contribution is 2.45. The zero-order valence-electron chi connectivity index (χ0n) is 16.7. The van der Waals surface area contributed by atoms with Gasteiger partial charge in [0.05, 0.1) is 5.60 Å². The molecule has 2 heterocycles. The lowest BCUT2D eigenvalue weighted by Gasteiger charge is -2.46. The van der Waals surface area contributed by atoms with E-state index in [0.717, 1.165) is 12.8 Å². The molecule has 6 heteroatoms. The molecular weight excluding hydrogens is 342 g/mol. The average Bonchev–Trinajstić information content (AvgIpc) is 3.12. The largest absolute Gasteiger partial charge is 0.376 e. The number of carbonyl (C=O) groups is 1. The number of benzene rings is 1. The van der Waals surface area contributed by atoms with Gasteiger partial charge in [0.1, 0.15) is 0 Å². The number of hydrogen-bond acceptors (Lipinski definition) is 5. The number of amides is 1. The van der Waals surface area contributed by atoms with Gasteiger partial charge in [-0.05, 0) is 44.7 Å². The zero-order valence-corrected chi connectivity index (χ0v) is 16.7. The van der Waals surface area contributed by atoms with E-state index in [4.69, 9.17) is 9.26 Å². The minimum atomic E-state index is -0.246. The summed E-state index contributed by atoms with van der Waals surface area (Å²) in [4.78, 5) is 18.9.